The smallest absolute Gasteiger partial charge is 0.269 e. The normalized spacial score (nSPS) is 16.5. The van der Waals surface area contributed by atoms with Crippen LogP contribution in [0.15, 0.2) is 24.3 Å². The van der Waals surface area contributed by atoms with Gasteiger partial charge in [0.15, 0.2) is 0 Å². The standard InChI is InChI=1S/C11H12N2O4S/c14-10(12-5-6-17-11(12)18)7-8-1-3-9(4-2-8)13(15)16/h1-4,10,14H,5-7H2. The highest BCUT2D eigenvalue weighted by molar-refractivity contribution is 7.80. The number of hydrogen-bond acceptors (Lipinski definition) is 5. The number of ether oxygens (including phenoxy) is 1. The highest BCUT2D eigenvalue weighted by atomic mass is 32.1. The van der Waals surface area contributed by atoms with E-state index in [1.165, 1.54) is 12.1 Å². The van der Waals surface area contributed by atoms with Crippen LogP contribution in [0.2, 0.25) is 0 Å². The van der Waals surface area contributed by atoms with E-state index in [2.05, 4.69) is 0 Å². The molecule has 6 nitrogen and oxygen atoms in total. The van der Waals surface area contributed by atoms with Crippen molar-refractivity contribution in [3.8, 4) is 0 Å². The minimum atomic E-state index is -0.763. The molecule has 1 aliphatic heterocycles. The molecular formula is C11H12N2O4S. The molecule has 1 aliphatic rings. The number of rotatable bonds is 4. The number of nitro groups is 1. The van der Waals surface area contributed by atoms with E-state index in [0.717, 1.165) is 5.56 Å². The van der Waals surface area contributed by atoms with Crippen LogP contribution >= 0.6 is 12.2 Å². The van der Waals surface area contributed by atoms with Crippen molar-refractivity contribution in [2.45, 2.75) is 12.6 Å². The van der Waals surface area contributed by atoms with Gasteiger partial charge in [-0.05, 0) is 17.8 Å². The molecule has 7 heteroatoms. The lowest BCUT2D eigenvalue weighted by atomic mass is 10.1. The third-order valence-electron chi connectivity index (χ3n) is 2.72. The molecule has 1 saturated heterocycles. The zero-order valence-electron chi connectivity index (χ0n) is 9.48. The molecule has 0 saturated carbocycles. The van der Waals surface area contributed by atoms with Gasteiger partial charge in [-0.3, -0.25) is 10.1 Å². The Hall–Kier alpha value is -1.73. The van der Waals surface area contributed by atoms with Crippen molar-refractivity contribution in [2.24, 2.45) is 0 Å². The molecule has 2 rings (SSSR count). The van der Waals surface area contributed by atoms with Crippen molar-refractivity contribution < 1.29 is 14.8 Å². The summed E-state index contributed by atoms with van der Waals surface area (Å²) in [6.45, 7) is 1.04. The van der Waals surface area contributed by atoms with Gasteiger partial charge < -0.3 is 14.7 Å². The topological polar surface area (TPSA) is 75.8 Å². The summed E-state index contributed by atoms with van der Waals surface area (Å²) in [4.78, 5) is 11.6. The fourth-order valence-electron chi connectivity index (χ4n) is 1.75. The quantitative estimate of drug-likeness (QED) is 0.500. The number of aliphatic hydroxyl groups excluding tert-OH is 1. The molecular weight excluding hydrogens is 256 g/mol. The van der Waals surface area contributed by atoms with E-state index in [-0.39, 0.29) is 5.69 Å². The van der Waals surface area contributed by atoms with E-state index in [9.17, 15) is 15.2 Å². The maximum Gasteiger partial charge on any atom is 0.269 e. The summed E-state index contributed by atoms with van der Waals surface area (Å²) in [7, 11) is 0. The van der Waals surface area contributed by atoms with Gasteiger partial charge in [-0.1, -0.05) is 12.1 Å². The lowest BCUT2D eigenvalue weighted by molar-refractivity contribution is -0.384. The van der Waals surface area contributed by atoms with Crippen LogP contribution in [0.4, 0.5) is 5.69 Å². The molecule has 1 atom stereocenters. The van der Waals surface area contributed by atoms with Gasteiger partial charge in [0, 0.05) is 18.6 Å². The maximum atomic E-state index is 10.5. The molecule has 0 spiro atoms. The molecule has 1 N–H and O–H groups in total. The zero-order chi connectivity index (χ0) is 13.1. The molecule has 0 bridgehead atoms. The number of non-ortho nitro benzene ring substituents is 1. The van der Waals surface area contributed by atoms with Crippen LogP contribution in [0.1, 0.15) is 5.56 Å². The predicted molar refractivity (Wildman–Crippen MR) is 68.1 cm³/mol. The van der Waals surface area contributed by atoms with Crippen molar-refractivity contribution in [1.82, 2.24) is 4.90 Å². The first-order chi connectivity index (χ1) is 8.58. The van der Waals surface area contributed by atoms with Gasteiger partial charge >= 0.3 is 0 Å². The second-order valence-corrected chi connectivity index (χ2v) is 4.27. The van der Waals surface area contributed by atoms with Crippen molar-refractivity contribution >= 4 is 23.1 Å². The maximum absolute atomic E-state index is 10.5. The van der Waals surface area contributed by atoms with Crippen molar-refractivity contribution in [2.75, 3.05) is 13.2 Å². The van der Waals surface area contributed by atoms with Crippen LogP contribution in [-0.4, -0.2) is 39.5 Å². The van der Waals surface area contributed by atoms with Gasteiger partial charge in [0.2, 0.25) is 0 Å². The Balaban J connectivity index is 2.00. The molecule has 1 fully saturated rings. The minimum absolute atomic E-state index is 0.0354. The molecule has 96 valence electrons. The number of hydrogen-bond donors (Lipinski definition) is 1. The van der Waals surface area contributed by atoms with Crippen molar-refractivity contribution in [1.29, 1.82) is 0 Å². The lowest BCUT2D eigenvalue weighted by Crippen LogP contribution is -2.37. The fourth-order valence-corrected chi connectivity index (χ4v) is 2.05. The summed E-state index contributed by atoms with van der Waals surface area (Å²) < 4.78 is 5.08. The summed E-state index contributed by atoms with van der Waals surface area (Å²) >= 11 is 4.94. The number of aliphatic hydroxyl groups is 1. The first-order valence-corrected chi connectivity index (χ1v) is 5.83. The van der Waals surface area contributed by atoms with Gasteiger partial charge in [0.05, 0.1) is 11.5 Å². The molecule has 0 aromatic heterocycles. The monoisotopic (exact) mass is 268 g/mol. The van der Waals surface area contributed by atoms with E-state index >= 15 is 0 Å². The second kappa shape index (κ2) is 5.28. The summed E-state index contributed by atoms with van der Waals surface area (Å²) in [5.41, 5.74) is 0.844. The third-order valence-corrected chi connectivity index (χ3v) is 3.07. The van der Waals surface area contributed by atoms with Gasteiger partial charge in [-0.15, -0.1) is 0 Å². The average molecular weight is 268 g/mol. The van der Waals surface area contributed by atoms with Crippen LogP contribution in [0.3, 0.4) is 0 Å². The summed E-state index contributed by atoms with van der Waals surface area (Å²) in [5.74, 6) is 0. The number of thiocarbonyl (C=S) groups is 1. The Labute approximate surface area is 109 Å². The molecule has 1 heterocycles. The molecule has 18 heavy (non-hydrogen) atoms. The van der Waals surface area contributed by atoms with Gasteiger partial charge in [-0.2, -0.15) is 0 Å². The van der Waals surface area contributed by atoms with E-state index in [0.29, 0.717) is 24.7 Å². The largest absolute Gasteiger partial charge is 0.469 e. The van der Waals surface area contributed by atoms with Gasteiger partial charge in [0.1, 0.15) is 12.8 Å². The number of nitrogens with zero attached hydrogens (tertiary/aromatic N) is 2. The molecule has 1 aromatic carbocycles. The minimum Gasteiger partial charge on any atom is -0.469 e. The Morgan fingerprint density at radius 3 is 2.67 bits per heavy atom. The van der Waals surface area contributed by atoms with E-state index < -0.39 is 11.2 Å². The van der Waals surface area contributed by atoms with Crippen LogP contribution < -0.4 is 0 Å². The van der Waals surface area contributed by atoms with Gasteiger partial charge in [-0.25, -0.2) is 0 Å². The second-order valence-electron chi connectivity index (χ2n) is 3.92. The number of benzene rings is 1. The van der Waals surface area contributed by atoms with E-state index in [1.807, 2.05) is 0 Å². The Bertz CT molecular complexity index is 463. The van der Waals surface area contributed by atoms with Crippen LogP contribution in [0, 0.1) is 10.1 Å². The van der Waals surface area contributed by atoms with Crippen molar-refractivity contribution in [3.63, 3.8) is 0 Å². The highest BCUT2D eigenvalue weighted by Crippen LogP contribution is 2.16. The number of nitro benzene ring substituents is 1. The molecule has 1 aromatic rings. The molecule has 0 aliphatic carbocycles. The zero-order valence-corrected chi connectivity index (χ0v) is 10.3. The highest BCUT2D eigenvalue weighted by Gasteiger charge is 2.25. The molecule has 0 amide bonds. The van der Waals surface area contributed by atoms with Gasteiger partial charge in [0.25, 0.3) is 10.9 Å². The Kier molecular flexibility index (Phi) is 3.73. The average Bonchev–Trinajstić information content (AvgIpc) is 2.76. The molecule has 1 unspecified atom stereocenters. The van der Waals surface area contributed by atoms with Crippen molar-refractivity contribution in [3.05, 3.63) is 39.9 Å². The van der Waals surface area contributed by atoms with Crippen LogP contribution in [0.5, 0.6) is 0 Å². The Morgan fingerprint density at radius 1 is 1.50 bits per heavy atom. The van der Waals surface area contributed by atoms with Crippen LogP contribution in [0.25, 0.3) is 0 Å². The van der Waals surface area contributed by atoms with E-state index in [4.69, 9.17) is 17.0 Å². The molecule has 0 radical (unpaired) electrons. The third kappa shape index (κ3) is 2.74. The summed E-state index contributed by atoms with van der Waals surface area (Å²) in [6.07, 6.45) is -0.414. The van der Waals surface area contributed by atoms with Crippen LogP contribution in [-0.2, 0) is 11.2 Å². The summed E-state index contributed by atoms with van der Waals surface area (Å²) in [5, 5.41) is 20.8. The SMILES string of the molecule is O=[N+]([O-])c1ccc(CC(O)N2CCOC2=S)cc1. The Morgan fingerprint density at radius 2 is 2.17 bits per heavy atom. The van der Waals surface area contributed by atoms with E-state index in [1.54, 1.807) is 17.0 Å². The predicted octanol–water partition coefficient (Wildman–Crippen LogP) is 1.07. The summed E-state index contributed by atoms with van der Waals surface area (Å²) in [6, 6.07) is 6.09. The lowest BCUT2D eigenvalue weighted by Gasteiger charge is -2.22. The first-order valence-electron chi connectivity index (χ1n) is 5.43. The fraction of sp³-hybridized carbons (Fsp3) is 0.364. The first kappa shape index (κ1) is 12.7.